The fraction of sp³-hybridized carbons (Fsp3) is 0.154. The van der Waals surface area contributed by atoms with Crippen molar-refractivity contribution in [3.05, 3.63) is 52.2 Å². The van der Waals surface area contributed by atoms with Gasteiger partial charge in [-0.2, -0.15) is 11.3 Å². The number of rotatable bonds is 4. The van der Waals surface area contributed by atoms with Gasteiger partial charge in [0.2, 0.25) is 0 Å². The number of amides is 1. The van der Waals surface area contributed by atoms with Gasteiger partial charge in [-0.05, 0) is 34.5 Å². The van der Waals surface area contributed by atoms with Crippen LogP contribution >= 0.6 is 11.3 Å². The Bertz CT molecular complexity index is 494. The number of hydrogen-bond donors (Lipinski definition) is 1. The Morgan fingerprint density at radius 3 is 2.88 bits per heavy atom. The smallest absolute Gasteiger partial charge is 0.255 e. The van der Waals surface area contributed by atoms with Gasteiger partial charge >= 0.3 is 0 Å². The van der Waals surface area contributed by atoms with Gasteiger partial charge in [0.05, 0.1) is 12.7 Å². The average molecular weight is 247 g/mol. The lowest BCUT2D eigenvalue weighted by Crippen LogP contribution is -2.23. The number of carbonyl (C=O) groups excluding carboxylic acids is 1. The summed E-state index contributed by atoms with van der Waals surface area (Å²) in [5.74, 6) is 0.476. The fourth-order valence-electron chi connectivity index (χ4n) is 1.50. The monoisotopic (exact) mass is 247 g/mol. The molecule has 0 atom stereocenters. The van der Waals surface area contributed by atoms with E-state index in [1.54, 1.807) is 30.6 Å². The third-order valence-electron chi connectivity index (χ3n) is 2.38. The predicted octanol–water partition coefficient (Wildman–Crippen LogP) is 2.69. The molecule has 4 heteroatoms. The first-order chi connectivity index (χ1) is 8.31. The number of nitrogens with one attached hydrogen (secondary N) is 1. The molecule has 2 rings (SSSR count). The van der Waals surface area contributed by atoms with E-state index in [0.717, 1.165) is 5.56 Å². The van der Waals surface area contributed by atoms with Crippen LogP contribution in [0.25, 0.3) is 0 Å². The van der Waals surface area contributed by atoms with E-state index >= 15 is 0 Å². The highest BCUT2D eigenvalue weighted by molar-refractivity contribution is 7.07. The molecule has 17 heavy (non-hydrogen) atoms. The van der Waals surface area contributed by atoms with Crippen molar-refractivity contribution in [3.8, 4) is 5.75 Å². The lowest BCUT2D eigenvalue weighted by Gasteiger charge is -2.08. The van der Waals surface area contributed by atoms with Crippen LogP contribution in [-0.2, 0) is 6.54 Å². The van der Waals surface area contributed by atoms with E-state index < -0.39 is 0 Å². The van der Waals surface area contributed by atoms with E-state index in [4.69, 9.17) is 4.74 Å². The van der Waals surface area contributed by atoms with Crippen molar-refractivity contribution in [1.29, 1.82) is 0 Å². The van der Waals surface area contributed by atoms with Gasteiger partial charge in [0, 0.05) is 6.54 Å². The van der Waals surface area contributed by atoms with Crippen molar-refractivity contribution >= 4 is 17.2 Å². The summed E-state index contributed by atoms with van der Waals surface area (Å²) in [6.07, 6.45) is 0. The molecule has 1 heterocycles. The third-order valence-corrected chi connectivity index (χ3v) is 3.12. The molecule has 88 valence electrons. The van der Waals surface area contributed by atoms with Gasteiger partial charge in [0.15, 0.2) is 0 Å². The lowest BCUT2D eigenvalue weighted by atomic mass is 10.2. The highest BCUT2D eigenvalue weighted by atomic mass is 32.1. The van der Waals surface area contributed by atoms with Crippen LogP contribution in [0.3, 0.4) is 0 Å². The van der Waals surface area contributed by atoms with Crippen molar-refractivity contribution in [2.75, 3.05) is 7.11 Å². The highest BCUT2D eigenvalue weighted by Crippen LogP contribution is 2.17. The third kappa shape index (κ3) is 2.85. The van der Waals surface area contributed by atoms with Crippen LogP contribution < -0.4 is 10.1 Å². The number of benzene rings is 1. The molecule has 0 radical (unpaired) electrons. The number of hydrogen-bond acceptors (Lipinski definition) is 3. The van der Waals surface area contributed by atoms with Gasteiger partial charge in [-0.3, -0.25) is 4.79 Å². The minimum atomic E-state index is -0.117. The molecular weight excluding hydrogens is 234 g/mol. The molecule has 0 aliphatic rings. The maximum atomic E-state index is 11.9. The molecule has 0 aliphatic carbocycles. The molecule has 0 fully saturated rings. The Kier molecular flexibility index (Phi) is 3.77. The van der Waals surface area contributed by atoms with E-state index in [2.05, 4.69) is 5.32 Å². The van der Waals surface area contributed by atoms with Crippen molar-refractivity contribution in [3.63, 3.8) is 0 Å². The molecule has 0 unspecified atom stereocenters. The predicted molar refractivity (Wildman–Crippen MR) is 68.5 cm³/mol. The Hall–Kier alpha value is -1.81. The summed E-state index contributed by atoms with van der Waals surface area (Å²) < 4.78 is 5.14. The zero-order chi connectivity index (χ0) is 12.1. The van der Waals surface area contributed by atoms with Crippen molar-refractivity contribution in [1.82, 2.24) is 5.32 Å². The molecule has 2 aromatic rings. The maximum absolute atomic E-state index is 11.9. The summed E-state index contributed by atoms with van der Waals surface area (Å²) in [6.45, 7) is 0.542. The second kappa shape index (κ2) is 5.50. The lowest BCUT2D eigenvalue weighted by molar-refractivity contribution is 0.0948. The van der Waals surface area contributed by atoms with E-state index in [1.807, 2.05) is 29.0 Å². The Morgan fingerprint density at radius 1 is 1.35 bits per heavy atom. The molecule has 1 aromatic heterocycles. The van der Waals surface area contributed by atoms with E-state index in [9.17, 15) is 4.79 Å². The maximum Gasteiger partial charge on any atom is 0.255 e. The van der Waals surface area contributed by atoms with Gasteiger partial charge in [-0.25, -0.2) is 0 Å². The second-order valence-corrected chi connectivity index (χ2v) is 4.29. The van der Waals surface area contributed by atoms with Crippen LogP contribution in [0.15, 0.2) is 41.1 Å². The summed E-state index contributed by atoms with van der Waals surface area (Å²) in [5, 5.41) is 6.87. The Balaban J connectivity index is 2.04. The molecule has 0 saturated carbocycles. The van der Waals surface area contributed by atoms with E-state index in [-0.39, 0.29) is 5.91 Å². The first kappa shape index (κ1) is 11.7. The number of methoxy groups -OCH3 is 1. The van der Waals surface area contributed by atoms with Gasteiger partial charge in [0.1, 0.15) is 5.75 Å². The summed E-state index contributed by atoms with van der Waals surface area (Å²) in [6, 6.07) is 9.19. The first-order valence-electron chi connectivity index (χ1n) is 5.23. The normalized spacial score (nSPS) is 9.94. The number of carbonyl (C=O) groups is 1. The molecule has 0 spiro atoms. The topological polar surface area (TPSA) is 38.3 Å². The molecule has 0 saturated heterocycles. The minimum Gasteiger partial charge on any atom is -0.496 e. The first-order valence-corrected chi connectivity index (χ1v) is 6.18. The SMILES string of the molecule is COc1ccccc1C(=O)NCc1ccsc1. The van der Waals surface area contributed by atoms with Crippen LogP contribution in [-0.4, -0.2) is 13.0 Å². The van der Waals surface area contributed by atoms with Crippen LogP contribution in [0.1, 0.15) is 15.9 Å². The minimum absolute atomic E-state index is 0.117. The Labute approximate surface area is 104 Å². The van der Waals surface area contributed by atoms with Crippen LogP contribution in [0.2, 0.25) is 0 Å². The van der Waals surface area contributed by atoms with E-state index in [0.29, 0.717) is 17.9 Å². The summed E-state index contributed by atoms with van der Waals surface area (Å²) in [5.41, 5.74) is 1.67. The van der Waals surface area contributed by atoms with Gasteiger partial charge in [-0.15, -0.1) is 0 Å². The summed E-state index contributed by atoms with van der Waals surface area (Å²) in [4.78, 5) is 11.9. The Morgan fingerprint density at radius 2 is 2.18 bits per heavy atom. The molecule has 3 nitrogen and oxygen atoms in total. The second-order valence-electron chi connectivity index (χ2n) is 3.51. The standard InChI is InChI=1S/C13H13NO2S/c1-16-12-5-3-2-4-11(12)13(15)14-8-10-6-7-17-9-10/h2-7,9H,8H2,1H3,(H,14,15). The van der Waals surface area contributed by atoms with Crippen molar-refractivity contribution in [2.45, 2.75) is 6.54 Å². The molecular formula is C13H13NO2S. The van der Waals surface area contributed by atoms with Crippen LogP contribution in [0, 0.1) is 0 Å². The van der Waals surface area contributed by atoms with Gasteiger partial charge in [-0.1, -0.05) is 12.1 Å². The fourth-order valence-corrected chi connectivity index (χ4v) is 2.17. The molecule has 1 aromatic carbocycles. The zero-order valence-electron chi connectivity index (χ0n) is 9.47. The number of thiophene rings is 1. The largest absolute Gasteiger partial charge is 0.496 e. The van der Waals surface area contributed by atoms with Gasteiger partial charge in [0.25, 0.3) is 5.91 Å². The van der Waals surface area contributed by atoms with Gasteiger partial charge < -0.3 is 10.1 Å². The summed E-state index contributed by atoms with van der Waals surface area (Å²) >= 11 is 1.62. The van der Waals surface area contributed by atoms with E-state index in [1.165, 1.54) is 0 Å². The molecule has 1 amide bonds. The van der Waals surface area contributed by atoms with Crippen LogP contribution in [0.5, 0.6) is 5.75 Å². The molecule has 1 N–H and O–H groups in total. The summed E-state index contributed by atoms with van der Waals surface area (Å²) in [7, 11) is 1.56. The number of ether oxygens (including phenoxy) is 1. The number of para-hydroxylation sites is 1. The zero-order valence-corrected chi connectivity index (χ0v) is 10.3. The molecule has 0 aliphatic heterocycles. The van der Waals surface area contributed by atoms with Crippen LogP contribution in [0.4, 0.5) is 0 Å². The quantitative estimate of drug-likeness (QED) is 0.902. The highest BCUT2D eigenvalue weighted by Gasteiger charge is 2.10. The molecule has 0 bridgehead atoms. The van der Waals surface area contributed by atoms with Crippen molar-refractivity contribution < 1.29 is 9.53 Å². The average Bonchev–Trinajstić information content (AvgIpc) is 2.89. The van der Waals surface area contributed by atoms with Crippen molar-refractivity contribution in [2.24, 2.45) is 0 Å².